The molecule has 0 spiro atoms. The second-order valence-electron chi connectivity index (χ2n) is 5.05. The number of rotatable bonds is 3. The standard InChI is InChI=1S/C16H12N2O2/c17-11-16(10-15(16)12-4-2-1-3-5-12)13-6-8-14(9-7-13)18(19)20/h1-9,15H,10H2/t15-,16+/m0/s1. The first-order valence-corrected chi connectivity index (χ1v) is 6.38. The first-order chi connectivity index (χ1) is 9.67. The molecule has 0 radical (unpaired) electrons. The summed E-state index contributed by atoms with van der Waals surface area (Å²) in [4.78, 5) is 10.2. The fourth-order valence-corrected chi connectivity index (χ4v) is 2.74. The van der Waals surface area contributed by atoms with Gasteiger partial charge in [-0.25, -0.2) is 0 Å². The molecule has 1 aliphatic carbocycles. The summed E-state index contributed by atoms with van der Waals surface area (Å²) in [6, 6.07) is 18.7. The molecular formula is C16H12N2O2. The fourth-order valence-electron chi connectivity index (χ4n) is 2.74. The number of non-ortho nitro benzene ring substituents is 1. The van der Waals surface area contributed by atoms with E-state index in [9.17, 15) is 15.4 Å². The lowest BCUT2D eigenvalue weighted by Gasteiger charge is -2.09. The van der Waals surface area contributed by atoms with E-state index in [2.05, 4.69) is 6.07 Å². The van der Waals surface area contributed by atoms with Crippen LogP contribution in [0.2, 0.25) is 0 Å². The molecule has 0 unspecified atom stereocenters. The topological polar surface area (TPSA) is 66.9 Å². The van der Waals surface area contributed by atoms with E-state index in [0.717, 1.165) is 17.5 Å². The maximum absolute atomic E-state index is 10.7. The molecule has 2 atom stereocenters. The molecule has 0 bridgehead atoms. The van der Waals surface area contributed by atoms with Gasteiger partial charge in [0.2, 0.25) is 0 Å². The van der Waals surface area contributed by atoms with Crippen molar-refractivity contribution in [2.24, 2.45) is 0 Å². The van der Waals surface area contributed by atoms with Crippen molar-refractivity contribution in [3.63, 3.8) is 0 Å². The molecule has 2 aromatic carbocycles. The zero-order chi connectivity index (χ0) is 14.2. The summed E-state index contributed by atoms with van der Waals surface area (Å²) in [6.45, 7) is 0. The SMILES string of the molecule is N#C[C@@]1(c2ccc([N+](=O)[O-])cc2)C[C@H]1c1ccccc1. The zero-order valence-corrected chi connectivity index (χ0v) is 10.7. The number of nitriles is 1. The molecule has 0 amide bonds. The van der Waals surface area contributed by atoms with E-state index in [-0.39, 0.29) is 11.6 Å². The molecule has 0 aliphatic heterocycles. The highest BCUT2D eigenvalue weighted by molar-refractivity contribution is 5.51. The summed E-state index contributed by atoms with van der Waals surface area (Å²) in [5.41, 5.74) is 1.53. The van der Waals surface area contributed by atoms with Crippen LogP contribution in [0.5, 0.6) is 0 Å². The highest BCUT2D eigenvalue weighted by atomic mass is 16.6. The number of nitrogens with zero attached hydrogens (tertiary/aromatic N) is 2. The molecule has 0 aromatic heterocycles. The minimum atomic E-state index is -0.531. The number of hydrogen-bond donors (Lipinski definition) is 0. The fraction of sp³-hybridized carbons (Fsp3) is 0.188. The van der Waals surface area contributed by atoms with Crippen LogP contribution in [0.1, 0.15) is 23.5 Å². The Kier molecular flexibility index (Phi) is 2.76. The highest BCUT2D eigenvalue weighted by Crippen LogP contribution is 2.60. The van der Waals surface area contributed by atoms with Gasteiger partial charge in [-0.3, -0.25) is 10.1 Å². The third-order valence-corrected chi connectivity index (χ3v) is 3.96. The Labute approximate surface area is 116 Å². The van der Waals surface area contributed by atoms with Gasteiger partial charge in [0.05, 0.1) is 16.4 Å². The molecule has 4 nitrogen and oxygen atoms in total. The van der Waals surface area contributed by atoms with E-state index in [1.165, 1.54) is 12.1 Å². The van der Waals surface area contributed by atoms with Gasteiger partial charge in [-0.05, 0) is 17.5 Å². The Morgan fingerprint density at radius 2 is 1.80 bits per heavy atom. The van der Waals surface area contributed by atoms with Gasteiger partial charge in [0.25, 0.3) is 5.69 Å². The second-order valence-corrected chi connectivity index (χ2v) is 5.05. The van der Waals surface area contributed by atoms with Crippen molar-refractivity contribution in [3.05, 3.63) is 75.8 Å². The lowest BCUT2D eigenvalue weighted by Crippen LogP contribution is -2.06. The first kappa shape index (κ1) is 12.4. The van der Waals surface area contributed by atoms with Crippen LogP contribution in [0.3, 0.4) is 0 Å². The Hall–Kier alpha value is -2.67. The largest absolute Gasteiger partial charge is 0.269 e. The maximum Gasteiger partial charge on any atom is 0.269 e. The molecular weight excluding hydrogens is 252 g/mol. The summed E-state index contributed by atoms with van der Waals surface area (Å²) in [5.74, 6) is 0.176. The van der Waals surface area contributed by atoms with E-state index in [1.54, 1.807) is 12.1 Å². The van der Waals surface area contributed by atoms with Gasteiger partial charge in [0.15, 0.2) is 0 Å². The van der Waals surface area contributed by atoms with E-state index < -0.39 is 10.3 Å². The third-order valence-electron chi connectivity index (χ3n) is 3.96. The number of nitro benzene ring substituents is 1. The molecule has 0 saturated heterocycles. The van der Waals surface area contributed by atoms with Crippen molar-refractivity contribution in [1.82, 2.24) is 0 Å². The van der Waals surface area contributed by atoms with Gasteiger partial charge >= 0.3 is 0 Å². The van der Waals surface area contributed by atoms with Crippen LogP contribution >= 0.6 is 0 Å². The summed E-state index contributed by atoms with van der Waals surface area (Å²) < 4.78 is 0. The lowest BCUT2D eigenvalue weighted by molar-refractivity contribution is -0.384. The Morgan fingerprint density at radius 3 is 2.35 bits per heavy atom. The number of benzene rings is 2. The summed E-state index contributed by atoms with van der Waals surface area (Å²) in [6.07, 6.45) is 0.769. The normalized spacial score (nSPS) is 23.9. The predicted octanol–water partition coefficient (Wildman–Crippen LogP) is 3.54. The van der Waals surface area contributed by atoms with Crippen LogP contribution < -0.4 is 0 Å². The van der Waals surface area contributed by atoms with E-state index in [1.807, 2.05) is 30.3 Å². The molecule has 4 heteroatoms. The summed E-state index contributed by atoms with van der Waals surface area (Å²) in [5, 5.41) is 20.2. The van der Waals surface area contributed by atoms with Gasteiger partial charge in [0, 0.05) is 18.1 Å². The molecule has 3 rings (SSSR count). The van der Waals surface area contributed by atoms with Gasteiger partial charge in [-0.1, -0.05) is 42.5 Å². The summed E-state index contributed by atoms with van der Waals surface area (Å²) in [7, 11) is 0. The van der Waals surface area contributed by atoms with Crippen LogP contribution in [0, 0.1) is 21.4 Å². The van der Waals surface area contributed by atoms with Crippen LogP contribution in [-0.4, -0.2) is 4.92 Å². The Balaban J connectivity index is 1.93. The molecule has 0 heterocycles. The minimum Gasteiger partial charge on any atom is -0.258 e. The third kappa shape index (κ3) is 1.84. The van der Waals surface area contributed by atoms with E-state index >= 15 is 0 Å². The van der Waals surface area contributed by atoms with Crippen LogP contribution in [-0.2, 0) is 5.41 Å². The minimum absolute atomic E-state index is 0.0544. The Bertz CT molecular complexity index is 689. The van der Waals surface area contributed by atoms with E-state index in [0.29, 0.717) is 0 Å². The predicted molar refractivity (Wildman–Crippen MR) is 74.2 cm³/mol. The number of nitro groups is 1. The average molecular weight is 264 g/mol. The molecule has 1 aliphatic rings. The molecule has 1 fully saturated rings. The zero-order valence-electron chi connectivity index (χ0n) is 10.7. The molecule has 2 aromatic rings. The van der Waals surface area contributed by atoms with Crippen molar-refractivity contribution in [1.29, 1.82) is 5.26 Å². The molecule has 1 saturated carbocycles. The van der Waals surface area contributed by atoms with Gasteiger partial charge in [-0.15, -0.1) is 0 Å². The molecule has 20 heavy (non-hydrogen) atoms. The van der Waals surface area contributed by atoms with Crippen molar-refractivity contribution in [3.8, 4) is 6.07 Å². The van der Waals surface area contributed by atoms with Crippen molar-refractivity contribution in [2.75, 3.05) is 0 Å². The Morgan fingerprint density at radius 1 is 1.15 bits per heavy atom. The molecule has 0 N–H and O–H groups in total. The van der Waals surface area contributed by atoms with Gasteiger partial charge in [0.1, 0.15) is 0 Å². The van der Waals surface area contributed by atoms with Crippen molar-refractivity contribution >= 4 is 5.69 Å². The first-order valence-electron chi connectivity index (χ1n) is 6.38. The van der Waals surface area contributed by atoms with E-state index in [4.69, 9.17) is 0 Å². The lowest BCUT2D eigenvalue weighted by atomic mass is 9.92. The average Bonchev–Trinajstić information content (AvgIpc) is 3.24. The summed E-state index contributed by atoms with van der Waals surface area (Å²) >= 11 is 0. The van der Waals surface area contributed by atoms with Crippen LogP contribution in [0.25, 0.3) is 0 Å². The van der Waals surface area contributed by atoms with Crippen LogP contribution in [0.15, 0.2) is 54.6 Å². The maximum atomic E-state index is 10.7. The quantitative estimate of drug-likeness (QED) is 0.629. The molecule has 98 valence electrons. The smallest absolute Gasteiger partial charge is 0.258 e. The highest BCUT2D eigenvalue weighted by Gasteiger charge is 2.56. The second kappa shape index (κ2) is 4.46. The number of hydrogen-bond acceptors (Lipinski definition) is 3. The monoisotopic (exact) mass is 264 g/mol. The van der Waals surface area contributed by atoms with Gasteiger partial charge in [-0.2, -0.15) is 5.26 Å². The van der Waals surface area contributed by atoms with Crippen LogP contribution in [0.4, 0.5) is 5.69 Å². The van der Waals surface area contributed by atoms with Gasteiger partial charge < -0.3 is 0 Å². The van der Waals surface area contributed by atoms with Crippen molar-refractivity contribution in [2.45, 2.75) is 17.8 Å². The van der Waals surface area contributed by atoms with Crippen molar-refractivity contribution < 1.29 is 4.92 Å².